The number of aryl methyl sites for hydroxylation is 1. The zero-order chi connectivity index (χ0) is 15.4. The van der Waals surface area contributed by atoms with Crippen LogP contribution in [-0.4, -0.2) is 22.5 Å². The predicted octanol–water partition coefficient (Wildman–Crippen LogP) is 3.21. The van der Waals surface area contributed by atoms with Crippen molar-refractivity contribution >= 4 is 17.3 Å². The highest BCUT2D eigenvalue weighted by Crippen LogP contribution is 2.31. The lowest BCUT2D eigenvalue weighted by Crippen LogP contribution is -2.31. The number of hydrogen-bond acceptors (Lipinski definition) is 4. The van der Waals surface area contributed by atoms with Gasteiger partial charge in [0, 0.05) is 24.4 Å². The molecular weight excluding hydrogens is 272 g/mol. The van der Waals surface area contributed by atoms with E-state index in [-0.39, 0.29) is 17.5 Å². The van der Waals surface area contributed by atoms with Crippen LogP contribution in [0.3, 0.4) is 0 Å². The highest BCUT2D eigenvalue weighted by molar-refractivity contribution is 5.70. The highest BCUT2D eigenvalue weighted by atomic mass is 16.6. The van der Waals surface area contributed by atoms with Crippen LogP contribution < -0.4 is 5.32 Å². The standard InChI is InChI=1S/C15H20N2O4/c1-10-6-7-12(17(20)21)8-14(10)16-9-11-4-2-3-5-13(11)15(18)19/h6-8,11,13,16H,2-5,9H2,1H3,(H,18,19). The van der Waals surface area contributed by atoms with E-state index >= 15 is 0 Å². The van der Waals surface area contributed by atoms with Gasteiger partial charge in [-0.1, -0.05) is 18.9 Å². The van der Waals surface area contributed by atoms with Crippen LogP contribution in [-0.2, 0) is 4.79 Å². The second-order valence-electron chi connectivity index (χ2n) is 5.63. The summed E-state index contributed by atoms with van der Waals surface area (Å²) in [6.45, 7) is 2.42. The molecule has 1 saturated carbocycles. The molecule has 2 rings (SSSR count). The van der Waals surface area contributed by atoms with Gasteiger partial charge in [0.2, 0.25) is 0 Å². The first kappa shape index (κ1) is 15.3. The van der Waals surface area contributed by atoms with Gasteiger partial charge in [0.1, 0.15) is 0 Å². The summed E-state index contributed by atoms with van der Waals surface area (Å²) in [6.07, 6.45) is 3.61. The van der Waals surface area contributed by atoms with Crippen LogP contribution in [0, 0.1) is 28.9 Å². The first-order chi connectivity index (χ1) is 9.99. The molecule has 6 nitrogen and oxygen atoms in total. The van der Waals surface area contributed by atoms with Crippen molar-refractivity contribution < 1.29 is 14.8 Å². The summed E-state index contributed by atoms with van der Waals surface area (Å²) < 4.78 is 0. The fraction of sp³-hybridized carbons (Fsp3) is 0.533. The number of nitrogens with zero attached hydrogens (tertiary/aromatic N) is 1. The lowest BCUT2D eigenvalue weighted by Gasteiger charge is -2.29. The molecule has 0 bridgehead atoms. The normalized spacial score (nSPS) is 21.8. The number of carbonyl (C=O) groups is 1. The second-order valence-corrected chi connectivity index (χ2v) is 5.63. The molecule has 1 aliphatic rings. The van der Waals surface area contributed by atoms with Crippen molar-refractivity contribution in [3.05, 3.63) is 33.9 Å². The van der Waals surface area contributed by atoms with Crippen molar-refractivity contribution in [2.45, 2.75) is 32.6 Å². The Balaban J connectivity index is 2.06. The quantitative estimate of drug-likeness (QED) is 0.642. The number of anilines is 1. The molecular formula is C15H20N2O4. The van der Waals surface area contributed by atoms with Crippen LogP contribution in [0.5, 0.6) is 0 Å². The van der Waals surface area contributed by atoms with Gasteiger partial charge in [-0.05, 0) is 31.2 Å². The van der Waals surface area contributed by atoms with Crippen molar-refractivity contribution in [2.75, 3.05) is 11.9 Å². The SMILES string of the molecule is Cc1ccc([N+](=O)[O-])cc1NCC1CCCCC1C(=O)O. The molecule has 1 aliphatic carbocycles. The molecule has 1 aromatic rings. The lowest BCUT2D eigenvalue weighted by molar-refractivity contribution is -0.384. The Kier molecular flexibility index (Phi) is 4.77. The minimum absolute atomic E-state index is 0.0431. The minimum Gasteiger partial charge on any atom is -0.481 e. The van der Waals surface area contributed by atoms with E-state index in [9.17, 15) is 20.0 Å². The Morgan fingerprint density at radius 3 is 2.81 bits per heavy atom. The summed E-state index contributed by atoms with van der Waals surface area (Å²) in [5, 5.41) is 23.3. The molecule has 0 aliphatic heterocycles. The monoisotopic (exact) mass is 292 g/mol. The molecule has 0 aromatic heterocycles. The zero-order valence-electron chi connectivity index (χ0n) is 12.0. The third kappa shape index (κ3) is 3.71. The summed E-state index contributed by atoms with van der Waals surface area (Å²) in [5.41, 5.74) is 1.67. The molecule has 21 heavy (non-hydrogen) atoms. The van der Waals surface area contributed by atoms with Crippen LogP contribution in [0.2, 0.25) is 0 Å². The Morgan fingerprint density at radius 1 is 1.43 bits per heavy atom. The van der Waals surface area contributed by atoms with E-state index in [0.29, 0.717) is 12.2 Å². The number of nitrogens with one attached hydrogen (secondary N) is 1. The maximum atomic E-state index is 11.3. The maximum absolute atomic E-state index is 11.3. The van der Waals surface area contributed by atoms with E-state index in [1.165, 1.54) is 12.1 Å². The predicted molar refractivity (Wildman–Crippen MR) is 79.4 cm³/mol. The smallest absolute Gasteiger partial charge is 0.306 e. The van der Waals surface area contributed by atoms with Crippen LogP contribution in [0.1, 0.15) is 31.2 Å². The molecule has 0 radical (unpaired) electrons. The summed E-state index contributed by atoms with van der Waals surface area (Å²) in [5.74, 6) is -0.975. The van der Waals surface area contributed by atoms with Gasteiger partial charge < -0.3 is 10.4 Å². The van der Waals surface area contributed by atoms with Gasteiger partial charge >= 0.3 is 5.97 Å². The summed E-state index contributed by atoms with van der Waals surface area (Å²) in [7, 11) is 0. The van der Waals surface area contributed by atoms with Gasteiger partial charge in [-0.3, -0.25) is 14.9 Å². The van der Waals surface area contributed by atoms with E-state index in [1.807, 2.05) is 6.92 Å². The van der Waals surface area contributed by atoms with E-state index in [4.69, 9.17) is 0 Å². The number of carboxylic acid groups (broad SMARTS) is 1. The number of carboxylic acids is 1. The fourth-order valence-electron chi connectivity index (χ4n) is 2.93. The topological polar surface area (TPSA) is 92.5 Å². The fourth-order valence-corrected chi connectivity index (χ4v) is 2.93. The summed E-state index contributed by atoms with van der Waals surface area (Å²) in [4.78, 5) is 21.7. The number of hydrogen-bond donors (Lipinski definition) is 2. The first-order valence-electron chi connectivity index (χ1n) is 7.20. The molecule has 0 heterocycles. The molecule has 6 heteroatoms. The average Bonchev–Trinajstić information content (AvgIpc) is 2.46. The van der Waals surface area contributed by atoms with Crippen molar-refractivity contribution in [2.24, 2.45) is 11.8 Å². The van der Waals surface area contributed by atoms with Crippen molar-refractivity contribution in [1.29, 1.82) is 0 Å². The van der Waals surface area contributed by atoms with Gasteiger partial charge in [-0.25, -0.2) is 0 Å². The number of benzene rings is 1. The van der Waals surface area contributed by atoms with Gasteiger partial charge in [-0.15, -0.1) is 0 Å². The molecule has 1 fully saturated rings. The molecule has 114 valence electrons. The Bertz CT molecular complexity index is 544. The van der Waals surface area contributed by atoms with E-state index in [2.05, 4.69) is 5.32 Å². The Hall–Kier alpha value is -2.11. The summed E-state index contributed by atoms with van der Waals surface area (Å²) in [6, 6.07) is 4.69. The number of nitro groups is 1. The van der Waals surface area contributed by atoms with Crippen LogP contribution in [0.15, 0.2) is 18.2 Å². The second kappa shape index (κ2) is 6.56. The third-order valence-corrected chi connectivity index (χ3v) is 4.21. The molecule has 2 unspecified atom stereocenters. The van der Waals surface area contributed by atoms with Crippen molar-refractivity contribution in [1.82, 2.24) is 0 Å². The van der Waals surface area contributed by atoms with Gasteiger partial charge in [0.25, 0.3) is 5.69 Å². The molecule has 2 N–H and O–H groups in total. The third-order valence-electron chi connectivity index (χ3n) is 4.21. The van der Waals surface area contributed by atoms with E-state index in [1.54, 1.807) is 6.07 Å². The molecule has 1 aromatic carbocycles. The first-order valence-corrected chi connectivity index (χ1v) is 7.20. The average molecular weight is 292 g/mol. The van der Waals surface area contributed by atoms with Crippen LogP contribution >= 0.6 is 0 Å². The summed E-state index contributed by atoms with van der Waals surface area (Å²) >= 11 is 0. The number of nitro benzene ring substituents is 1. The van der Waals surface area contributed by atoms with Gasteiger partial charge in [-0.2, -0.15) is 0 Å². The minimum atomic E-state index is -0.739. The van der Waals surface area contributed by atoms with Crippen molar-refractivity contribution in [3.63, 3.8) is 0 Å². The van der Waals surface area contributed by atoms with Gasteiger partial charge in [0.15, 0.2) is 0 Å². The molecule has 0 saturated heterocycles. The lowest BCUT2D eigenvalue weighted by atomic mass is 9.79. The largest absolute Gasteiger partial charge is 0.481 e. The number of aliphatic carboxylic acids is 1. The van der Waals surface area contributed by atoms with Crippen molar-refractivity contribution in [3.8, 4) is 0 Å². The molecule has 0 spiro atoms. The molecule has 2 atom stereocenters. The Morgan fingerprint density at radius 2 is 2.14 bits per heavy atom. The van der Waals surface area contributed by atoms with Crippen LogP contribution in [0.4, 0.5) is 11.4 Å². The van der Waals surface area contributed by atoms with Gasteiger partial charge in [0.05, 0.1) is 10.8 Å². The van der Waals surface area contributed by atoms with E-state index < -0.39 is 10.9 Å². The maximum Gasteiger partial charge on any atom is 0.306 e. The zero-order valence-corrected chi connectivity index (χ0v) is 12.0. The molecule has 0 amide bonds. The Labute approximate surface area is 123 Å². The number of rotatable bonds is 5. The number of non-ortho nitro benzene ring substituents is 1. The van der Waals surface area contributed by atoms with Crippen LogP contribution in [0.25, 0.3) is 0 Å². The highest BCUT2D eigenvalue weighted by Gasteiger charge is 2.30. The van der Waals surface area contributed by atoms with E-state index in [0.717, 1.165) is 31.2 Å².